The molecule has 0 radical (unpaired) electrons. The molecule has 1 aromatic carbocycles. The summed E-state index contributed by atoms with van der Waals surface area (Å²) < 4.78 is 11.1. The lowest BCUT2D eigenvalue weighted by Gasteiger charge is -2.27. The van der Waals surface area contributed by atoms with E-state index in [1.807, 2.05) is 32.0 Å². The van der Waals surface area contributed by atoms with Crippen LogP contribution in [0.4, 0.5) is 0 Å². The van der Waals surface area contributed by atoms with Gasteiger partial charge in [-0.1, -0.05) is 17.7 Å². The normalized spacial score (nSPS) is 13.5. The van der Waals surface area contributed by atoms with Crippen molar-refractivity contribution in [3.05, 3.63) is 52.8 Å². The fraction of sp³-hybridized carbons (Fsp3) is 0.294. The minimum Gasteiger partial charge on any atom is -0.486 e. The average molecular weight is 333 g/mol. The van der Waals surface area contributed by atoms with Gasteiger partial charge >= 0.3 is 0 Å². The molecule has 2 aromatic rings. The van der Waals surface area contributed by atoms with Gasteiger partial charge in [-0.05, 0) is 38.1 Å². The van der Waals surface area contributed by atoms with E-state index in [4.69, 9.17) is 21.1 Å². The molecule has 1 N–H and O–H groups in total. The maximum atomic E-state index is 12.8. The van der Waals surface area contributed by atoms with Crippen LogP contribution in [0.5, 0.6) is 11.5 Å². The van der Waals surface area contributed by atoms with E-state index >= 15 is 0 Å². The lowest BCUT2D eigenvalue weighted by atomic mass is 9.99. The number of ether oxygens (including phenoxy) is 2. The minimum absolute atomic E-state index is 0.285. The average Bonchev–Trinajstić information content (AvgIpc) is 2.55. The highest BCUT2D eigenvalue weighted by atomic mass is 35.5. The van der Waals surface area contributed by atoms with E-state index in [1.54, 1.807) is 18.3 Å². The molecule has 0 bridgehead atoms. The monoisotopic (exact) mass is 332 g/mol. The standard InChI is InChI=1S/C17H17ClN2O3/c1-17(2,13-5-3-4-8-19-13)20-16(21)14-11(18)6-7-12-15(14)23-10-9-22-12/h3-8H,9-10H2,1-2H3,(H,20,21). The molecule has 1 aromatic heterocycles. The summed E-state index contributed by atoms with van der Waals surface area (Å²) in [6, 6.07) is 8.92. The van der Waals surface area contributed by atoms with Crippen LogP contribution in [0.1, 0.15) is 29.9 Å². The molecule has 3 rings (SSSR count). The fourth-order valence-electron chi connectivity index (χ4n) is 2.45. The van der Waals surface area contributed by atoms with Gasteiger partial charge in [0.25, 0.3) is 5.91 Å². The Hall–Kier alpha value is -2.27. The number of carbonyl (C=O) groups is 1. The van der Waals surface area contributed by atoms with Crippen molar-refractivity contribution in [1.29, 1.82) is 0 Å². The van der Waals surface area contributed by atoms with Gasteiger partial charge in [0.1, 0.15) is 18.8 Å². The number of hydrogen-bond acceptors (Lipinski definition) is 4. The van der Waals surface area contributed by atoms with E-state index in [-0.39, 0.29) is 11.5 Å². The molecule has 1 aliphatic heterocycles. The van der Waals surface area contributed by atoms with E-state index in [2.05, 4.69) is 10.3 Å². The Balaban J connectivity index is 1.92. The topological polar surface area (TPSA) is 60.5 Å². The number of nitrogens with zero attached hydrogens (tertiary/aromatic N) is 1. The Morgan fingerprint density at radius 3 is 2.74 bits per heavy atom. The Kier molecular flexibility index (Phi) is 4.13. The van der Waals surface area contributed by atoms with Crippen LogP contribution in [0.2, 0.25) is 5.02 Å². The molecule has 120 valence electrons. The van der Waals surface area contributed by atoms with Crippen LogP contribution in [-0.4, -0.2) is 24.1 Å². The van der Waals surface area contributed by atoms with Gasteiger partial charge in [-0.2, -0.15) is 0 Å². The lowest BCUT2D eigenvalue weighted by molar-refractivity contribution is 0.0899. The van der Waals surface area contributed by atoms with Gasteiger partial charge in [0.05, 0.1) is 16.3 Å². The van der Waals surface area contributed by atoms with Crippen molar-refractivity contribution in [1.82, 2.24) is 10.3 Å². The highest BCUT2D eigenvalue weighted by molar-refractivity contribution is 6.34. The summed E-state index contributed by atoms with van der Waals surface area (Å²) in [5, 5.41) is 3.28. The van der Waals surface area contributed by atoms with Gasteiger partial charge in [-0.3, -0.25) is 9.78 Å². The van der Waals surface area contributed by atoms with Gasteiger partial charge in [-0.15, -0.1) is 0 Å². The maximum absolute atomic E-state index is 12.8. The summed E-state index contributed by atoms with van der Waals surface area (Å²) >= 11 is 6.22. The van der Waals surface area contributed by atoms with Crippen molar-refractivity contribution >= 4 is 17.5 Å². The molecule has 6 heteroatoms. The number of aromatic nitrogens is 1. The van der Waals surface area contributed by atoms with Gasteiger partial charge in [0, 0.05) is 6.20 Å². The predicted molar refractivity (Wildman–Crippen MR) is 87.2 cm³/mol. The molecule has 0 unspecified atom stereocenters. The fourth-order valence-corrected chi connectivity index (χ4v) is 2.68. The number of hydrogen-bond donors (Lipinski definition) is 1. The molecule has 0 saturated carbocycles. The van der Waals surface area contributed by atoms with E-state index in [9.17, 15) is 4.79 Å². The number of benzene rings is 1. The van der Waals surface area contributed by atoms with Crippen molar-refractivity contribution in [2.24, 2.45) is 0 Å². The van der Waals surface area contributed by atoms with Crippen LogP contribution in [0, 0.1) is 0 Å². The second kappa shape index (κ2) is 6.08. The van der Waals surface area contributed by atoms with Crippen molar-refractivity contribution < 1.29 is 14.3 Å². The first-order valence-electron chi connectivity index (χ1n) is 7.31. The van der Waals surface area contributed by atoms with E-state index < -0.39 is 5.54 Å². The summed E-state index contributed by atoms with van der Waals surface area (Å²) in [5.41, 5.74) is 0.388. The summed E-state index contributed by atoms with van der Waals surface area (Å²) in [7, 11) is 0. The van der Waals surface area contributed by atoms with Crippen molar-refractivity contribution in [2.75, 3.05) is 13.2 Å². The van der Waals surface area contributed by atoms with E-state index in [0.717, 1.165) is 5.69 Å². The number of pyridine rings is 1. The molecular weight excluding hydrogens is 316 g/mol. The predicted octanol–water partition coefficient (Wildman–Crippen LogP) is 3.17. The number of halogens is 1. The van der Waals surface area contributed by atoms with Gasteiger partial charge in [0.15, 0.2) is 11.5 Å². The molecule has 1 amide bonds. The highest BCUT2D eigenvalue weighted by Crippen LogP contribution is 2.38. The first-order valence-corrected chi connectivity index (χ1v) is 7.69. The quantitative estimate of drug-likeness (QED) is 0.937. The van der Waals surface area contributed by atoms with Crippen LogP contribution < -0.4 is 14.8 Å². The Morgan fingerprint density at radius 1 is 1.22 bits per heavy atom. The first kappa shape index (κ1) is 15.6. The molecule has 0 fully saturated rings. The molecule has 0 atom stereocenters. The first-order chi connectivity index (χ1) is 11.0. The Morgan fingerprint density at radius 2 is 2.00 bits per heavy atom. The number of carbonyl (C=O) groups excluding carboxylic acids is 1. The zero-order chi connectivity index (χ0) is 16.4. The second-order valence-corrected chi connectivity index (χ2v) is 6.15. The Bertz CT molecular complexity index is 732. The number of fused-ring (bicyclic) bond motifs is 1. The summed E-state index contributed by atoms with van der Waals surface area (Å²) in [6.07, 6.45) is 1.69. The Labute approximate surface area is 139 Å². The third-order valence-electron chi connectivity index (χ3n) is 3.62. The molecule has 0 aliphatic carbocycles. The third-order valence-corrected chi connectivity index (χ3v) is 3.93. The molecule has 0 spiro atoms. The molecule has 23 heavy (non-hydrogen) atoms. The largest absolute Gasteiger partial charge is 0.486 e. The lowest BCUT2D eigenvalue weighted by Crippen LogP contribution is -2.42. The SMILES string of the molecule is CC(C)(NC(=O)c1c(Cl)ccc2c1OCCO2)c1ccccn1. The molecule has 5 nitrogen and oxygen atoms in total. The highest BCUT2D eigenvalue weighted by Gasteiger charge is 2.29. The van der Waals surface area contributed by atoms with E-state index in [0.29, 0.717) is 29.7 Å². The molecular formula is C17H17ClN2O3. The van der Waals surface area contributed by atoms with Gasteiger partial charge in [-0.25, -0.2) is 0 Å². The van der Waals surface area contributed by atoms with E-state index in [1.165, 1.54) is 0 Å². The smallest absolute Gasteiger partial charge is 0.257 e. The van der Waals surface area contributed by atoms with Crippen molar-refractivity contribution in [3.63, 3.8) is 0 Å². The van der Waals surface area contributed by atoms with Gasteiger partial charge in [0.2, 0.25) is 0 Å². The van der Waals surface area contributed by atoms with Gasteiger partial charge < -0.3 is 14.8 Å². The summed E-state index contributed by atoms with van der Waals surface area (Å²) in [5.74, 6) is 0.590. The number of amides is 1. The zero-order valence-corrected chi connectivity index (χ0v) is 13.7. The number of nitrogens with one attached hydrogen (secondary N) is 1. The van der Waals surface area contributed by atoms with Crippen LogP contribution in [-0.2, 0) is 5.54 Å². The summed E-state index contributed by atoms with van der Waals surface area (Å²) in [4.78, 5) is 17.1. The van der Waals surface area contributed by atoms with Crippen molar-refractivity contribution in [3.8, 4) is 11.5 Å². The van der Waals surface area contributed by atoms with Crippen molar-refractivity contribution in [2.45, 2.75) is 19.4 Å². The maximum Gasteiger partial charge on any atom is 0.257 e. The zero-order valence-electron chi connectivity index (χ0n) is 12.9. The molecule has 1 aliphatic rings. The summed E-state index contributed by atoms with van der Waals surface area (Å²) in [6.45, 7) is 4.61. The third kappa shape index (κ3) is 3.10. The molecule has 2 heterocycles. The molecule has 0 saturated heterocycles. The van der Waals surface area contributed by atoms with Crippen LogP contribution in [0.15, 0.2) is 36.5 Å². The van der Waals surface area contributed by atoms with Crippen LogP contribution in [0.25, 0.3) is 0 Å². The van der Waals surface area contributed by atoms with Crippen LogP contribution >= 0.6 is 11.6 Å². The van der Waals surface area contributed by atoms with Crippen LogP contribution in [0.3, 0.4) is 0 Å². The second-order valence-electron chi connectivity index (χ2n) is 5.74. The number of rotatable bonds is 3. The minimum atomic E-state index is -0.653.